The average molecular weight is 259 g/mol. The van der Waals surface area contributed by atoms with Crippen molar-refractivity contribution < 1.29 is 9.53 Å². The van der Waals surface area contributed by atoms with Gasteiger partial charge in [-0.1, -0.05) is 0 Å². The molecule has 0 aliphatic heterocycles. The fourth-order valence-electron chi connectivity index (χ4n) is 1.56. The summed E-state index contributed by atoms with van der Waals surface area (Å²) in [6.45, 7) is 0. The second kappa shape index (κ2) is 5.32. The minimum absolute atomic E-state index is 0.348. The molecule has 0 unspecified atom stereocenters. The van der Waals surface area contributed by atoms with Crippen LogP contribution in [0.3, 0.4) is 0 Å². The zero-order valence-electron chi connectivity index (χ0n) is 10.3. The summed E-state index contributed by atoms with van der Waals surface area (Å²) in [5.41, 5.74) is 10.1. The van der Waals surface area contributed by atoms with E-state index in [4.69, 9.17) is 11.6 Å². The number of nitrogens with one attached hydrogen (secondary N) is 1. The van der Waals surface area contributed by atoms with Crippen LogP contribution < -0.4 is 17.0 Å². The van der Waals surface area contributed by atoms with E-state index < -0.39 is 5.97 Å². The summed E-state index contributed by atoms with van der Waals surface area (Å²) in [6.07, 6.45) is 3.01. The van der Waals surface area contributed by atoms with E-state index >= 15 is 0 Å². The number of hydrogen-bond acceptors (Lipinski definition) is 7. The molecule has 2 aromatic heterocycles. The lowest BCUT2D eigenvalue weighted by Gasteiger charge is -2.07. The van der Waals surface area contributed by atoms with Crippen LogP contribution in [0, 0.1) is 0 Å². The van der Waals surface area contributed by atoms with E-state index in [1.54, 1.807) is 24.4 Å². The Morgan fingerprint density at radius 1 is 1.37 bits per heavy atom. The third kappa shape index (κ3) is 2.61. The largest absolute Gasteiger partial charge is 0.465 e. The molecule has 0 atom stereocenters. The van der Waals surface area contributed by atoms with Crippen LogP contribution in [0.15, 0.2) is 30.6 Å². The van der Waals surface area contributed by atoms with Crippen LogP contribution in [0.2, 0.25) is 0 Å². The molecule has 5 N–H and O–H groups in total. The minimum atomic E-state index is -0.457. The molecule has 0 saturated heterocycles. The number of carbonyl (C=O) groups excluding carboxylic acids is 1. The van der Waals surface area contributed by atoms with E-state index in [-0.39, 0.29) is 0 Å². The molecule has 0 aliphatic carbocycles. The van der Waals surface area contributed by atoms with Crippen molar-refractivity contribution in [2.24, 2.45) is 5.84 Å². The number of rotatable bonds is 3. The van der Waals surface area contributed by atoms with Crippen LogP contribution in [-0.2, 0) is 4.74 Å². The molecule has 7 nitrogen and oxygen atoms in total. The smallest absolute Gasteiger partial charge is 0.339 e. The first kappa shape index (κ1) is 12.8. The molecule has 2 aromatic rings. The maximum absolute atomic E-state index is 11.4. The molecule has 98 valence electrons. The van der Waals surface area contributed by atoms with Gasteiger partial charge in [0.15, 0.2) is 5.82 Å². The molecular formula is C12H13N5O2. The highest BCUT2D eigenvalue weighted by atomic mass is 16.5. The number of pyridine rings is 2. The molecule has 19 heavy (non-hydrogen) atoms. The Balaban J connectivity index is 2.44. The van der Waals surface area contributed by atoms with Crippen LogP contribution >= 0.6 is 0 Å². The number of hydrazine groups is 1. The Morgan fingerprint density at radius 3 is 2.84 bits per heavy atom. The predicted octanol–water partition coefficient (Wildman–Crippen LogP) is 0.798. The van der Waals surface area contributed by atoms with E-state index in [1.807, 2.05) is 0 Å². The molecule has 0 spiro atoms. The maximum atomic E-state index is 11.4. The van der Waals surface area contributed by atoms with Crippen molar-refractivity contribution in [2.75, 3.05) is 18.3 Å². The van der Waals surface area contributed by atoms with Gasteiger partial charge in [-0.15, -0.1) is 0 Å². The molecule has 2 rings (SSSR count). The van der Waals surface area contributed by atoms with Crippen molar-refractivity contribution in [1.29, 1.82) is 0 Å². The molecule has 2 heterocycles. The van der Waals surface area contributed by atoms with Gasteiger partial charge in [0.25, 0.3) is 0 Å². The fourth-order valence-corrected chi connectivity index (χ4v) is 1.56. The van der Waals surface area contributed by atoms with Gasteiger partial charge in [0.1, 0.15) is 0 Å². The third-order valence-corrected chi connectivity index (χ3v) is 2.52. The summed E-state index contributed by atoms with van der Waals surface area (Å²) < 4.78 is 4.64. The molecule has 0 aliphatic rings. The molecular weight excluding hydrogens is 246 g/mol. The number of hydrogen-bond donors (Lipinski definition) is 3. The molecule has 0 fully saturated rings. The Labute approximate surface area is 109 Å². The van der Waals surface area contributed by atoms with Crippen molar-refractivity contribution in [3.05, 3.63) is 36.2 Å². The van der Waals surface area contributed by atoms with Gasteiger partial charge < -0.3 is 15.9 Å². The lowest BCUT2D eigenvalue weighted by Crippen LogP contribution is -2.11. The van der Waals surface area contributed by atoms with Crippen LogP contribution in [0.1, 0.15) is 10.4 Å². The van der Waals surface area contributed by atoms with Crippen molar-refractivity contribution in [3.63, 3.8) is 0 Å². The number of nitrogens with two attached hydrogens (primary N) is 2. The van der Waals surface area contributed by atoms with E-state index in [9.17, 15) is 4.79 Å². The summed E-state index contributed by atoms with van der Waals surface area (Å²) in [5, 5.41) is 0. The molecule has 0 saturated carbocycles. The molecule has 0 amide bonds. The number of esters is 1. The van der Waals surface area contributed by atoms with Gasteiger partial charge in [-0.25, -0.2) is 15.6 Å². The lowest BCUT2D eigenvalue weighted by molar-refractivity contribution is 0.0600. The van der Waals surface area contributed by atoms with Gasteiger partial charge >= 0.3 is 5.97 Å². The number of methoxy groups -OCH3 is 1. The summed E-state index contributed by atoms with van der Waals surface area (Å²) in [7, 11) is 1.31. The predicted molar refractivity (Wildman–Crippen MR) is 71.0 cm³/mol. The van der Waals surface area contributed by atoms with Gasteiger partial charge in [0.2, 0.25) is 0 Å². The standard InChI is InChI=1S/C12H13N5O2/c1-19-12(18)8-4-7(5-15-6-8)10-3-2-9(13)11(16-10)17-14/h2-6H,13-14H2,1H3,(H,16,17). The Bertz CT molecular complexity index is 615. The third-order valence-electron chi connectivity index (χ3n) is 2.52. The number of ether oxygens (including phenoxy) is 1. The van der Waals surface area contributed by atoms with Crippen LogP contribution in [0.5, 0.6) is 0 Å². The van der Waals surface area contributed by atoms with E-state index in [1.165, 1.54) is 13.3 Å². The highest BCUT2D eigenvalue weighted by molar-refractivity contribution is 5.90. The molecule has 0 radical (unpaired) electrons. The number of aromatic nitrogens is 2. The maximum Gasteiger partial charge on any atom is 0.339 e. The normalized spacial score (nSPS) is 10.0. The molecule has 7 heteroatoms. The number of nitrogen functional groups attached to an aromatic ring is 2. The topological polar surface area (TPSA) is 116 Å². The van der Waals surface area contributed by atoms with Gasteiger partial charge in [-0.05, 0) is 18.2 Å². The van der Waals surface area contributed by atoms with Gasteiger partial charge in [0, 0.05) is 18.0 Å². The first-order valence-corrected chi connectivity index (χ1v) is 5.42. The summed E-state index contributed by atoms with van der Waals surface area (Å²) in [4.78, 5) is 19.7. The molecule has 0 bridgehead atoms. The van der Waals surface area contributed by atoms with Crippen LogP contribution in [0.25, 0.3) is 11.3 Å². The summed E-state index contributed by atoms with van der Waals surface area (Å²) in [6, 6.07) is 5.02. The SMILES string of the molecule is COC(=O)c1cncc(-c2ccc(N)c(NN)n2)c1. The highest BCUT2D eigenvalue weighted by Crippen LogP contribution is 2.22. The van der Waals surface area contributed by atoms with E-state index in [0.29, 0.717) is 28.3 Å². The van der Waals surface area contributed by atoms with Crippen molar-refractivity contribution >= 4 is 17.5 Å². The van der Waals surface area contributed by atoms with Gasteiger partial charge in [0.05, 0.1) is 24.1 Å². The summed E-state index contributed by atoms with van der Waals surface area (Å²) >= 11 is 0. The average Bonchev–Trinajstić information content (AvgIpc) is 2.47. The summed E-state index contributed by atoms with van der Waals surface area (Å²) in [5.74, 6) is 5.22. The lowest BCUT2D eigenvalue weighted by atomic mass is 10.1. The quantitative estimate of drug-likeness (QED) is 0.424. The minimum Gasteiger partial charge on any atom is -0.465 e. The van der Waals surface area contributed by atoms with Gasteiger partial charge in [-0.3, -0.25) is 4.98 Å². The first-order chi connectivity index (χ1) is 9.15. The number of nitrogens with zero attached hydrogens (tertiary/aromatic N) is 2. The van der Waals surface area contributed by atoms with Crippen molar-refractivity contribution in [2.45, 2.75) is 0 Å². The van der Waals surface area contributed by atoms with Gasteiger partial charge in [-0.2, -0.15) is 0 Å². The second-order valence-corrected chi connectivity index (χ2v) is 3.73. The Morgan fingerprint density at radius 2 is 2.16 bits per heavy atom. The second-order valence-electron chi connectivity index (χ2n) is 3.73. The zero-order valence-corrected chi connectivity index (χ0v) is 10.3. The van der Waals surface area contributed by atoms with E-state index in [2.05, 4.69) is 20.1 Å². The van der Waals surface area contributed by atoms with Crippen LogP contribution in [0.4, 0.5) is 11.5 Å². The van der Waals surface area contributed by atoms with Crippen molar-refractivity contribution in [1.82, 2.24) is 9.97 Å². The number of carbonyl (C=O) groups is 1. The zero-order chi connectivity index (χ0) is 13.8. The highest BCUT2D eigenvalue weighted by Gasteiger charge is 2.09. The first-order valence-electron chi connectivity index (χ1n) is 5.42. The number of anilines is 2. The fraction of sp³-hybridized carbons (Fsp3) is 0.0833. The molecule has 0 aromatic carbocycles. The van der Waals surface area contributed by atoms with Crippen LogP contribution in [-0.4, -0.2) is 23.0 Å². The Kier molecular flexibility index (Phi) is 3.58. The Hall–Kier alpha value is -2.67. The van der Waals surface area contributed by atoms with E-state index in [0.717, 1.165) is 0 Å². The monoisotopic (exact) mass is 259 g/mol. The van der Waals surface area contributed by atoms with Crippen molar-refractivity contribution in [3.8, 4) is 11.3 Å².